The molecule has 0 radical (unpaired) electrons. The molecular formula is C22H24N8O. The average Bonchev–Trinajstić information content (AvgIpc) is 3.45. The SMILES string of the molecule is N#Cc1ccccc1Cn1cc(-c2nn(C3CC4(CCNC4)C3)c(N)c2C(N)=O)cn1. The second kappa shape index (κ2) is 7.25. The van der Waals surface area contributed by atoms with Gasteiger partial charge in [-0.2, -0.15) is 15.5 Å². The number of carbonyl (C=O) groups is 1. The van der Waals surface area contributed by atoms with Gasteiger partial charge in [-0.05, 0) is 42.9 Å². The van der Waals surface area contributed by atoms with E-state index in [0.29, 0.717) is 34.6 Å². The van der Waals surface area contributed by atoms with Crippen molar-refractivity contribution < 1.29 is 4.79 Å². The predicted molar refractivity (Wildman–Crippen MR) is 115 cm³/mol. The summed E-state index contributed by atoms with van der Waals surface area (Å²) in [7, 11) is 0. The third-order valence-corrected chi connectivity index (χ3v) is 6.59. The molecule has 2 fully saturated rings. The Labute approximate surface area is 179 Å². The molecule has 1 saturated heterocycles. The number of carbonyl (C=O) groups excluding carboxylic acids is 1. The highest BCUT2D eigenvalue weighted by Crippen LogP contribution is 2.53. The molecule has 9 nitrogen and oxygen atoms in total. The maximum atomic E-state index is 12.2. The fourth-order valence-corrected chi connectivity index (χ4v) is 4.94. The van der Waals surface area contributed by atoms with Gasteiger partial charge in [-0.25, -0.2) is 4.68 Å². The molecule has 1 amide bonds. The lowest BCUT2D eigenvalue weighted by molar-refractivity contribution is 0.0774. The summed E-state index contributed by atoms with van der Waals surface area (Å²) in [6, 6.07) is 9.76. The molecule has 9 heteroatoms. The number of nitrogen functional groups attached to an aromatic ring is 1. The van der Waals surface area contributed by atoms with Gasteiger partial charge >= 0.3 is 0 Å². The average molecular weight is 416 g/mol. The summed E-state index contributed by atoms with van der Waals surface area (Å²) in [6.45, 7) is 2.51. The van der Waals surface area contributed by atoms with Gasteiger partial charge < -0.3 is 16.8 Å². The molecule has 158 valence electrons. The van der Waals surface area contributed by atoms with Crippen LogP contribution in [0.2, 0.25) is 0 Å². The third-order valence-electron chi connectivity index (χ3n) is 6.59. The Morgan fingerprint density at radius 1 is 1.35 bits per heavy atom. The van der Waals surface area contributed by atoms with Crippen LogP contribution in [0.15, 0.2) is 36.7 Å². The van der Waals surface area contributed by atoms with Crippen molar-refractivity contribution in [3.63, 3.8) is 0 Å². The Kier molecular flexibility index (Phi) is 4.52. The molecule has 2 aromatic heterocycles. The molecule has 31 heavy (non-hydrogen) atoms. The normalized spacial score (nSPS) is 22.4. The van der Waals surface area contributed by atoms with Gasteiger partial charge in [0, 0.05) is 18.3 Å². The van der Waals surface area contributed by atoms with Gasteiger partial charge in [0.15, 0.2) is 0 Å². The lowest BCUT2D eigenvalue weighted by Crippen LogP contribution is -2.40. The first kappa shape index (κ1) is 19.3. The highest BCUT2D eigenvalue weighted by atomic mass is 16.1. The molecule has 1 aliphatic heterocycles. The largest absolute Gasteiger partial charge is 0.383 e. The number of nitriles is 1. The predicted octanol–water partition coefficient (Wildman–Crippen LogP) is 1.66. The molecule has 1 aliphatic carbocycles. The lowest BCUT2D eigenvalue weighted by Gasteiger charge is -2.45. The molecule has 0 bridgehead atoms. The Morgan fingerprint density at radius 2 is 2.16 bits per heavy atom. The summed E-state index contributed by atoms with van der Waals surface area (Å²) in [6.07, 6.45) is 6.60. The van der Waals surface area contributed by atoms with Crippen molar-refractivity contribution in [3.8, 4) is 17.3 Å². The fraction of sp³-hybridized carbons (Fsp3) is 0.364. The van der Waals surface area contributed by atoms with E-state index in [0.717, 1.165) is 37.9 Å². The zero-order valence-electron chi connectivity index (χ0n) is 17.1. The summed E-state index contributed by atoms with van der Waals surface area (Å²) in [5, 5.41) is 21.8. The quantitative estimate of drug-likeness (QED) is 0.578. The van der Waals surface area contributed by atoms with Gasteiger partial charge in [-0.1, -0.05) is 18.2 Å². The molecule has 3 aromatic rings. The number of rotatable bonds is 5. The molecular weight excluding hydrogens is 392 g/mol. The Morgan fingerprint density at radius 3 is 2.87 bits per heavy atom. The van der Waals surface area contributed by atoms with E-state index in [2.05, 4.69) is 16.5 Å². The van der Waals surface area contributed by atoms with Crippen molar-refractivity contribution in [3.05, 3.63) is 53.3 Å². The van der Waals surface area contributed by atoms with Crippen molar-refractivity contribution in [1.82, 2.24) is 24.9 Å². The second-order valence-corrected chi connectivity index (χ2v) is 8.60. The maximum absolute atomic E-state index is 12.2. The van der Waals surface area contributed by atoms with Crippen LogP contribution in [-0.2, 0) is 6.54 Å². The van der Waals surface area contributed by atoms with Gasteiger partial charge in [0.1, 0.15) is 17.1 Å². The van der Waals surface area contributed by atoms with E-state index in [-0.39, 0.29) is 11.6 Å². The number of anilines is 1. The van der Waals surface area contributed by atoms with Crippen molar-refractivity contribution >= 4 is 11.7 Å². The van der Waals surface area contributed by atoms with Crippen molar-refractivity contribution in [2.75, 3.05) is 18.8 Å². The molecule has 0 atom stereocenters. The first-order chi connectivity index (χ1) is 15.0. The number of primary amides is 1. The number of amides is 1. The third kappa shape index (κ3) is 3.25. The van der Waals surface area contributed by atoms with Crippen LogP contribution in [0.1, 0.15) is 46.8 Å². The van der Waals surface area contributed by atoms with Crippen LogP contribution in [-0.4, -0.2) is 38.6 Å². The maximum Gasteiger partial charge on any atom is 0.254 e. The number of hydrogen-bond donors (Lipinski definition) is 3. The lowest BCUT2D eigenvalue weighted by atomic mass is 9.65. The number of nitrogens with two attached hydrogens (primary N) is 2. The summed E-state index contributed by atoms with van der Waals surface area (Å²) in [5.41, 5.74) is 15.2. The summed E-state index contributed by atoms with van der Waals surface area (Å²) < 4.78 is 3.48. The molecule has 0 unspecified atom stereocenters. The molecule has 1 spiro atoms. The number of hydrogen-bond acceptors (Lipinski definition) is 6. The van der Waals surface area contributed by atoms with Crippen LogP contribution in [0.25, 0.3) is 11.3 Å². The van der Waals surface area contributed by atoms with E-state index in [1.165, 1.54) is 0 Å². The fourth-order valence-electron chi connectivity index (χ4n) is 4.94. The van der Waals surface area contributed by atoms with Crippen LogP contribution >= 0.6 is 0 Å². The van der Waals surface area contributed by atoms with E-state index >= 15 is 0 Å². The number of nitrogens with zero attached hydrogens (tertiary/aromatic N) is 5. The van der Waals surface area contributed by atoms with E-state index in [4.69, 9.17) is 16.6 Å². The zero-order chi connectivity index (χ0) is 21.6. The number of aromatic nitrogens is 4. The van der Waals surface area contributed by atoms with E-state index < -0.39 is 5.91 Å². The monoisotopic (exact) mass is 416 g/mol. The Bertz CT molecular complexity index is 1190. The molecule has 3 heterocycles. The van der Waals surface area contributed by atoms with Crippen LogP contribution in [0, 0.1) is 16.7 Å². The van der Waals surface area contributed by atoms with Gasteiger partial charge in [0.25, 0.3) is 5.91 Å². The van der Waals surface area contributed by atoms with Crippen LogP contribution in [0.3, 0.4) is 0 Å². The van der Waals surface area contributed by atoms with E-state index in [9.17, 15) is 10.1 Å². The molecule has 5 N–H and O–H groups in total. The smallest absolute Gasteiger partial charge is 0.254 e. The molecule has 1 saturated carbocycles. The van der Waals surface area contributed by atoms with Crippen LogP contribution < -0.4 is 16.8 Å². The summed E-state index contributed by atoms with van der Waals surface area (Å²) >= 11 is 0. The van der Waals surface area contributed by atoms with Crippen LogP contribution in [0.4, 0.5) is 5.82 Å². The van der Waals surface area contributed by atoms with Gasteiger partial charge in [0.2, 0.25) is 0 Å². The molecule has 2 aliphatic rings. The van der Waals surface area contributed by atoms with Crippen molar-refractivity contribution in [1.29, 1.82) is 5.26 Å². The summed E-state index contributed by atoms with van der Waals surface area (Å²) in [5.74, 6) is -0.284. The molecule has 5 rings (SSSR count). The second-order valence-electron chi connectivity index (χ2n) is 8.60. The number of nitrogens with one attached hydrogen (secondary N) is 1. The van der Waals surface area contributed by atoms with Crippen molar-refractivity contribution in [2.45, 2.75) is 31.8 Å². The highest BCUT2D eigenvalue weighted by molar-refractivity contribution is 6.03. The Hall–Kier alpha value is -3.64. The van der Waals surface area contributed by atoms with Gasteiger partial charge in [0.05, 0.1) is 30.4 Å². The van der Waals surface area contributed by atoms with Gasteiger partial charge in [-0.3, -0.25) is 9.48 Å². The minimum atomic E-state index is -0.599. The van der Waals surface area contributed by atoms with E-state index in [1.807, 2.05) is 18.2 Å². The molecule has 1 aromatic carbocycles. The van der Waals surface area contributed by atoms with Gasteiger partial charge in [-0.15, -0.1) is 0 Å². The van der Waals surface area contributed by atoms with E-state index in [1.54, 1.807) is 27.8 Å². The topological polar surface area (TPSA) is 141 Å². The standard InChI is InChI=1S/C22H24N8O/c23-9-14-3-1-2-4-15(14)11-29-12-16(10-27-29)19-18(21(25)31)20(24)30(28-19)17-7-22(8-17)5-6-26-13-22/h1-4,10,12,17,26H,5-8,11,13,24H2,(H2,25,31). The Balaban J connectivity index is 1.44. The number of benzene rings is 1. The minimum Gasteiger partial charge on any atom is -0.383 e. The zero-order valence-corrected chi connectivity index (χ0v) is 17.1. The van der Waals surface area contributed by atoms with Crippen LogP contribution in [0.5, 0.6) is 0 Å². The summed E-state index contributed by atoms with van der Waals surface area (Å²) in [4.78, 5) is 12.2. The van der Waals surface area contributed by atoms with Crippen molar-refractivity contribution in [2.24, 2.45) is 11.1 Å². The first-order valence-electron chi connectivity index (χ1n) is 10.4. The highest BCUT2D eigenvalue weighted by Gasteiger charge is 2.48. The first-order valence-corrected chi connectivity index (χ1v) is 10.4. The minimum absolute atomic E-state index is 0.171.